The van der Waals surface area contributed by atoms with Gasteiger partial charge in [0.2, 0.25) is 0 Å². The van der Waals surface area contributed by atoms with Crippen LogP contribution in [0.25, 0.3) is 0 Å². The van der Waals surface area contributed by atoms with Gasteiger partial charge in [-0.25, -0.2) is 9.78 Å². The molecule has 2 aromatic rings. The first-order chi connectivity index (χ1) is 12.9. The van der Waals surface area contributed by atoms with E-state index >= 15 is 0 Å². The lowest BCUT2D eigenvalue weighted by Gasteiger charge is -2.18. The maximum absolute atomic E-state index is 12.1. The molecule has 3 amide bonds. The van der Waals surface area contributed by atoms with Crippen LogP contribution in [0.2, 0.25) is 10.2 Å². The molecule has 1 aromatic heterocycles. The van der Waals surface area contributed by atoms with Crippen molar-refractivity contribution >= 4 is 46.8 Å². The number of nitrogens with one attached hydrogen (secondary N) is 2. The van der Waals surface area contributed by atoms with Crippen LogP contribution in [0.15, 0.2) is 42.6 Å². The number of carbonyl (C=O) groups is 3. The Hall–Kier alpha value is -2.84. The van der Waals surface area contributed by atoms with Gasteiger partial charge < -0.3 is 21.1 Å². The minimum Gasteiger partial charge on any atom is -0.455 e. The average Bonchev–Trinajstić information content (AvgIpc) is 2.61. The van der Waals surface area contributed by atoms with Gasteiger partial charge in [0.05, 0.1) is 18.2 Å². The van der Waals surface area contributed by atoms with Crippen LogP contribution < -0.4 is 16.4 Å². The van der Waals surface area contributed by atoms with E-state index in [0.717, 1.165) is 0 Å². The van der Waals surface area contributed by atoms with E-state index in [1.54, 1.807) is 36.4 Å². The molecule has 0 bridgehead atoms. The number of pyridine rings is 1. The summed E-state index contributed by atoms with van der Waals surface area (Å²) >= 11 is 11.9. The number of nitrogens with two attached hydrogens (primary N) is 1. The average molecular weight is 411 g/mol. The number of anilines is 1. The topological polar surface area (TPSA) is 123 Å². The second-order valence-corrected chi connectivity index (χ2v) is 6.10. The molecule has 27 heavy (non-hydrogen) atoms. The van der Waals surface area contributed by atoms with Crippen molar-refractivity contribution in [2.24, 2.45) is 5.73 Å². The molecule has 10 heteroatoms. The Morgan fingerprint density at radius 3 is 2.56 bits per heavy atom. The number of urea groups is 1. The molecule has 0 saturated carbocycles. The highest BCUT2D eigenvalue weighted by Gasteiger charge is 2.21. The Morgan fingerprint density at radius 1 is 1.15 bits per heavy atom. The van der Waals surface area contributed by atoms with Crippen molar-refractivity contribution in [3.63, 3.8) is 0 Å². The summed E-state index contributed by atoms with van der Waals surface area (Å²) in [7, 11) is 0. The van der Waals surface area contributed by atoms with Crippen molar-refractivity contribution in [1.82, 2.24) is 10.3 Å². The minimum absolute atomic E-state index is 0.113. The zero-order valence-electron chi connectivity index (χ0n) is 13.9. The van der Waals surface area contributed by atoms with E-state index in [0.29, 0.717) is 16.3 Å². The zero-order valence-corrected chi connectivity index (χ0v) is 15.5. The molecule has 0 unspecified atom stereocenters. The summed E-state index contributed by atoms with van der Waals surface area (Å²) in [5, 5.41) is 5.37. The van der Waals surface area contributed by atoms with Crippen molar-refractivity contribution in [2.75, 3.05) is 11.9 Å². The quantitative estimate of drug-likeness (QED) is 0.478. The number of aromatic nitrogens is 1. The predicted molar refractivity (Wildman–Crippen MR) is 100 cm³/mol. The summed E-state index contributed by atoms with van der Waals surface area (Å²) in [4.78, 5) is 39.0. The molecule has 0 aliphatic carbocycles. The second kappa shape index (κ2) is 9.75. The molecule has 0 aliphatic heterocycles. The fourth-order valence-electron chi connectivity index (χ4n) is 2.21. The third kappa shape index (κ3) is 6.43. The Morgan fingerprint density at radius 2 is 1.89 bits per heavy atom. The number of hydrogen-bond donors (Lipinski definition) is 3. The van der Waals surface area contributed by atoms with Gasteiger partial charge in [0.25, 0.3) is 5.91 Å². The number of nitrogens with zero attached hydrogens (tertiary/aromatic N) is 1. The maximum atomic E-state index is 12.1. The lowest BCUT2D eigenvalue weighted by Crippen LogP contribution is -2.35. The SMILES string of the molecule is NC(=O)N[C@@H](CC(=O)OCC(=O)Nc1cccnc1Cl)c1ccccc1Cl. The molecule has 0 radical (unpaired) electrons. The molecule has 2 rings (SSSR count). The first-order valence-corrected chi connectivity index (χ1v) is 8.48. The summed E-state index contributed by atoms with van der Waals surface area (Å²) in [5.74, 6) is -1.31. The van der Waals surface area contributed by atoms with Crippen molar-refractivity contribution in [2.45, 2.75) is 12.5 Å². The predicted octanol–water partition coefficient (Wildman–Crippen LogP) is 2.67. The monoisotopic (exact) mass is 410 g/mol. The highest BCUT2D eigenvalue weighted by molar-refractivity contribution is 6.32. The van der Waals surface area contributed by atoms with Gasteiger partial charge in [0, 0.05) is 11.2 Å². The Bertz CT molecular complexity index is 847. The minimum atomic E-state index is -0.823. The van der Waals surface area contributed by atoms with Crippen molar-refractivity contribution < 1.29 is 19.1 Å². The van der Waals surface area contributed by atoms with E-state index in [1.165, 1.54) is 6.20 Å². The second-order valence-electron chi connectivity index (χ2n) is 5.34. The number of primary amides is 1. The highest BCUT2D eigenvalue weighted by Crippen LogP contribution is 2.25. The van der Waals surface area contributed by atoms with Gasteiger partial charge in [0.15, 0.2) is 11.8 Å². The number of halogens is 2. The van der Waals surface area contributed by atoms with Crippen LogP contribution in [0.1, 0.15) is 18.0 Å². The van der Waals surface area contributed by atoms with Crippen LogP contribution in [0.4, 0.5) is 10.5 Å². The number of ether oxygens (including phenoxy) is 1. The van der Waals surface area contributed by atoms with E-state index in [-0.39, 0.29) is 11.6 Å². The molecular weight excluding hydrogens is 395 g/mol. The molecule has 1 aromatic carbocycles. The molecule has 0 fully saturated rings. The molecular formula is C17H16Cl2N4O4. The van der Waals surface area contributed by atoms with Crippen molar-refractivity contribution in [1.29, 1.82) is 0 Å². The van der Waals surface area contributed by atoms with Gasteiger partial charge in [-0.3, -0.25) is 9.59 Å². The van der Waals surface area contributed by atoms with Gasteiger partial charge in [0.1, 0.15) is 0 Å². The standard InChI is InChI=1S/C17H16Cl2N4O4/c18-11-5-2-1-4-10(11)13(23-17(20)26)8-15(25)27-9-14(24)22-12-6-3-7-21-16(12)19/h1-7,13H,8-9H2,(H,22,24)(H3,20,23,26)/t13-/m0/s1. The molecule has 8 nitrogen and oxygen atoms in total. The van der Waals surface area contributed by atoms with E-state index in [4.69, 9.17) is 33.7 Å². The zero-order chi connectivity index (χ0) is 19.8. The fraction of sp³-hybridized carbons (Fsp3) is 0.176. The van der Waals surface area contributed by atoms with Gasteiger partial charge in [-0.1, -0.05) is 41.4 Å². The van der Waals surface area contributed by atoms with E-state index in [1.807, 2.05) is 0 Å². The van der Waals surface area contributed by atoms with Gasteiger partial charge in [-0.2, -0.15) is 0 Å². The summed E-state index contributed by atoms with van der Waals surface area (Å²) in [6, 6.07) is 8.20. The fourth-order valence-corrected chi connectivity index (χ4v) is 2.64. The Labute approximate surface area is 165 Å². The molecule has 1 heterocycles. The smallest absolute Gasteiger partial charge is 0.312 e. The largest absolute Gasteiger partial charge is 0.455 e. The third-order valence-electron chi connectivity index (χ3n) is 3.37. The number of rotatable bonds is 7. The number of esters is 1. The summed E-state index contributed by atoms with van der Waals surface area (Å²) in [5.41, 5.74) is 5.95. The normalized spacial score (nSPS) is 11.3. The van der Waals surface area contributed by atoms with Crippen LogP contribution in [0.3, 0.4) is 0 Å². The number of hydrogen-bond acceptors (Lipinski definition) is 5. The highest BCUT2D eigenvalue weighted by atomic mass is 35.5. The van der Waals surface area contributed by atoms with Crippen LogP contribution in [0.5, 0.6) is 0 Å². The maximum Gasteiger partial charge on any atom is 0.312 e. The molecule has 0 spiro atoms. The van der Waals surface area contributed by atoms with E-state index in [9.17, 15) is 14.4 Å². The molecule has 0 saturated heterocycles. The summed E-state index contributed by atoms with van der Waals surface area (Å²) in [6.07, 6.45) is 1.21. The first-order valence-electron chi connectivity index (χ1n) is 7.73. The van der Waals surface area contributed by atoms with Gasteiger partial charge in [-0.15, -0.1) is 0 Å². The number of amides is 3. The number of benzene rings is 1. The molecule has 0 aliphatic rings. The molecule has 1 atom stereocenters. The molecule has 4 N–H and O–H groups in total. The van der Waals surface area contributed by atoms with Crippen LogP contribution in [-0.4, -0.2) is 29.5 Å². The van der Waals surface area contributed by atoms with Crippen LogP contribution in [0, 0.1) is 0 Å². The summed E-state index contributed by atoms with van der Waals surface area (Å²) in [6.45, 7) is -0.532. The van der Waals surface area contributed by atoms with Gasteiger partial charge in [-0.05, 0) is 23.8 Å². The lowest BCUT2D eigenvalue weighted by molar-refractivity contribution is -0.147. The molecule has 142 valence electrons. The van der Waals surface area contributed by atoms with E-state index in [2.05, 4.69) is 15.6 Å². The first kappa shape index (κ1) is 20.5. The Kier molecular flexibility index (Phi) is 7.39. The van der Waals surface area contributed by atoms with Crippen molar-refractivity contribution in [3.8, 4) is 0 Å². The lowest BCUT2D eigenvalue weighted by atomic mass is 10.0. The summed E-state index contributed by atoms with van der Waals surface area (Å²) < 4.78 is 4.94. The van der Waals surface area contributed by atoms with Gasteiger partial charge >= 0.3 is 12.0 Å². The number of carbonyl (C=O) groups excluding carboxylic acids is 3. The van der Waals surface area contributed by atoms with Crippen LogP contribution in [-0.2, 0) is 14.3 Å². The Balaban J connectivity index is 1.93. The van der Waals surface area contributed by atoms with Crippen LogP contribution >= 0.6 is 23.2 Å². The van der Waals surface area contributed by atoms with E-state index < -0.39 is 30.6 Å². The van der Waals surface area contributed by atoms with Crippen molar-refractivity contribution in [3.05, 3.63) is 58.3 Å². The third-order valence-corrected chi connectivity index (χ3v) is 4.01.